The fourth-order valence-corrected chi connectivity index (χ4v) is 2.12. The summed E-state index contributed by atoms with van der Waals surface area (Å²) in [7, 11) is 0. The number of nitrogens with one attached hydrogen (secondary N) is 1. The molecule has 120 valence electrons. The highest BCUT2D eigenvalue weighted by Gasteiger charge is 2.20. The molecule has 0 saturated carbocycles. The Labute approximate surface area is 134 Å². The van der Waals surface area contributed by atoms with E-state index in [-0.39, 0.29) is 6.61 Å². The average molecular weight is 313 g/mol. The number of aryl methyl sites for hydroxylation is 1. The van der Waals surface area contributed by atoms with Gasteiger partial charge in [0, 0.05) is 0 Å². The Hall–Kier alpha value is -2.82. The fraction of sp³-hybridized carbons (Fsp3) is 0.222. The van der Waals surface area contributed by atoms with Gasteiger partial charge in [0.1, 0.15) is 12.6 Å². The number of ether oxygens (including phenoxy) is 1. The molecule has 0 radical (unpaired) electrons. The Morgan fingerprint density at radius 1 is 0.957 bits per heavy atom. The van der Waals surface area contributed by atoms with E-state index in [9.17, 15) is 14.7 Å². The molecule has 2 aromatic carbocycles. The average Bonchev–Trinajstić information content (AvgIpc) is 2.58. The summed E-state index contributed by atoms with van der Waals surface area (Å²) >= 11 is 0. The minimum Gasteiger partial charge on any atom is -0.480 e. The van der Waals surface area contributed by atoms with E-state index in [1.54, 1.807) is 0 Å². The van der Waals surface area contributed by atoms with E-state index in [0.717, 1.165) is 11.1 Å². The minimum absolute atomic E-state index is 0.109. The Balaban J connectivity index is 1.81. The molecule has 1 atom stereocenters. The summed E-state index contributed by atoms with van der Waals surface area (Å²) in [5, 5.41) is 11.6. The molecule has 0 aliphatic carbocycles. The van der Waals surface area contributed by atoms with Gasteiger partial charge in [0.05, 0.1) is 0 Å². The molecule has 5 nitrogen and oxygen atoms in total. The third kappa shape index (κ3) is 5.82. The summed E-state index contributed by atoms with van der Waals surface area (Å²) in [6.45, 7) is 0.109. The molecule has 0 bridgehead atoms. The molecule has 0 aliphatic rings. The predicted molar refractivity (Wildman–Crippen MR) is 85.9 cm³/mol. The van der Waals surface area contributed by atoms with Crippen LogP contribution in [0.1, 0.15) is 17.5 Å². The van der Waals surface area contributed by atoms with Gasteiger partial charge in [-0.05, 0) is 24.0 Å². The third-order valence-corrected chi connectivity index (χ3v) is 3.37. The number of carbonyl (C=O) groups is 2. The lowest BCUT2D eigenvalue weighted by molar-refractivity contribution is -0.139. The first-order valence-corrected chi connectivity index (χ1v) is 7.39. The van der Waals surface area contributed by atoms with Crippen molar-refractivity contribution < 1.29 is 19.4 Å². The predicted octanol–water partition coefficient (Wildman–Crippen LogP) is 3.00. The summed E-state index contributed by atoms with van der Waals surface area (Å²) < 4.78 is 5.05. The number of amides is 1. The van der Waals surface area contributed by atoms with Crippen molar-refractivity contribution in [3.63, 3.8) is 0 Å². The first kappa shape index (κ1) is 16.5. The zero-order valence-electron chi connectivity index (χ0n) is 12.6. The Morgan fingerprint density at radius 2 is 1.52 bits per heavy atom. The van der Waals surface area contributed by atoms with Crippen molar-refractivity contribution in [3.05, 3.63) is 71.8 Å². The lowest BCUT2D eigenvalue weighted by Crippen LogP contribution is -2.41. The first-order valence-electron chi connectivity index (χ1n) is 7.39. The molecule has 0 saturated heterocycles. The maximum atomic E-state index is 11.7. The van der Waals surface area contributed by atoms with Crippen LogP contribution in [0.15, 0.2) is 60.7 Å². The van der Waals surface area contributed by atoms with Crippen molar-refractivity contribution in [2.24, 2.45) is 0 Å². The van der Waals surface area contributed by atoms with Crippen LogP contribution in [0.3, 0.4) is 0 Å². The van der Waals surface area contributed by atoms with Crippen LogP contribution < -0.4 is 5.32 Å². The lowest BCUT2D eigenvalue weighted by atomic mass is 10.1. The van der Waals surface area contributed by atoms with Crippen LogP contribution in [0.5, 0.6) is 0 Å². The van der Waals surface area contributed by atoms with Gasteiger partial charge in [-0.1, -0.05) is 60.7 Å². The van der Waals surface area contributed by atoms with Crippen molar-refractivity contribution >= 4 is 12.1 Å². The van der Waals surface area contributed by atoms with Gasteiger partial charge in [-0.2, -0.15) is 0 Å². The van der Waals surface area contributed by atoms with Crippen molar-refractivity contribution in [2.75, 3.05) is 0 Å². The molecular weight excluding hydrogens is 294 g/mol. The van der Waals surface area contributed by atoms with Crippen LogP contribution in [0.2, 0.25) is 0 Å². The van der Waals surface area contributed by atoms with E-state index in [4.69, 9.17) is 4.74 Å². The standard InChI is InChI=1S/C18H19NO4/c20-17(21)16(12-11-14-7-3-1-4-8-14)19-18(22)23-13-15-9-5-2-6-10-15/h1-10,16H,11-13H2,(H,19,22)(H,20,21). The van der Waals surface area contributed by atoms with Crippen molar-refractivity contribution in [3.8, 4) is 0 Å². The van der Waals surface area contributed by atoms with E-state index in [0.29, 0.717) is 12.8 Å². The molecule has 0 aliphatic heterocycles. The Morgan fingerprint density at radius 3 is 2.09 bits per heavy atom. The van der Waals surface area contributed by atoms with Crippen LogP contribution in [0.25, 0.3) is 0 Å². The quantitative estimate of drug-likeness (QED) is 0.824. The van der Waals surface area contributed by atoms with Gasteiger partial charge < -0.3 is 15.2 Å². The van der Waals surface area contributed by atoms with Gasteiger partial charge in [-0.15, -0.1) is 0 Å². The highest BCUT2D eigenvalue weighted by molar-refractivity contribution is 5.79. The van der Waals surface area contributed by atoms with Crippen LogP contribution >= 0.6 is 0 Å². The van der Waals surface area contributed by atoms with E-state index in [1.165, 1.54) is 0 Å². The third-order valence-electron chi connectivity index (χ3n) is 3.37. The normalized spacial score (nSPS) is 11.5. The van der Waals surface area contributed by atoms with Crippen molar-refractivity contribution in [1.82, 2.24) is 5.32 Å². The highest BCUT2D eigenvalue weighted by Crippen LogP contribution is 2.06. The van der Waals surface area contributed by atoms with E-state index < -0.39 is 18.1 Å². The van der Waals surface area contributed by atoms with Crippen molar-refractivity contribution in [1.29, 1.82) is 0 Å². The van der Waals surface area contributed by atoms with Gasteiger partial charge in [0.15, 0.2) is 0 Å². The number of benzene rings is 2. The number of carbonyl (C=O) groups excluding carboxylic acids is 1. The van der Waals surface area contributed by atoms with Gasteiger partial charge in [0.2, 0.25) is 0 Å². The van der Waals surface area contributed by atoms with Crippen molar-refractivity contribution in [2.45, 2.75) is 25.5 Å². The van der Waals surface area contributed by atoms with Gasteiger partial charge in [-0.3, -0.25) is 0 Å². The van der Waals surface area contributed by atoms with E-state index in [1.807, 2.05) is 60.7 Å². The topological polar surface area (TPSA) is 75.6 Å². The summed E-state index contributed by atoms with van der Waals surface area (Å²) in [6, 6.07) is 17.8. The molecule has 2 aromatic rings. The molecule has 5 heteroatoms. The maximum Gasteiger partial charge on any atom is 0.408 e. The molecule has 0 fully saturated rings. The van der Waals surface area contributed by atoms with E-state index >= 15 is 0 Å². The van der Waals surface area contributed by atoms with Crippen LogP contribution in [0, 0.1) is 0 Å². The molecule has 1 amide bonds. The van der Waals surface area contributed by atoms with E-state index in [2.05, 4.69) is 5.32 Å². The molecule has 0 heterocycles. The number of rotatable bonds is 7. The van der Waals surface area contributed by atoms with Crippen LogP contribution in [-0.2, 0) is 22.6 Å². The largest absolute Gasteiger partial charge is 0.480 e. The maximum absolute atomic E-state index is 11.7. The zero-order chi connectivity index (χ0) is 16.5. The Bertz CT molecular complexity index is 628. The number of hydrogen-bond donors (Lipinski definition) is 2. The second-order valence-corrected chi connectivity index (χ2v) is 5.12. The molecule has 0 spiro atoms. The summed E-state index contributed by atoms with van der Waals surface area (Å²) in [6.07, 6.45) is 0.144. The lowest BCUT2D eigenvalue weighted by Gasteiger charge is -2.14. The number of hydrogen-bond acceptors (Lipinski definition) is 3. The number of alkyl carbamates (subject to hydrolysis) is 1. The van der Waals surface area contributed by atoms with Crippen LogP contribution in [0.4, 0.5) is 4.79 Å². The smallest absolute Gasteiger partial charge is 0.408 e. The SMILES string of the molecule is O=C(NC(CCc1ccccc1)C(=O)O)OCc1ccccc1. The number of carboxylic acid groups (broad SMARTS) is 1. The highest BCUT2D eigenvalue weighted by atomic mass is 16.5. The molecule has 1 unspecified atom stereocenters. The second-order valence-electron chi connectivity index (χ2n) is 5.12. The number of aliphatic carboxylic acids is 1. The molecule has 2 N–H and O–H groups in total. The van der Waals surface area contributed by atoms with Crippen LogP contribution in [-0.4, -0.2) is 23.2 Å². The molecule has 0 aromatic heterocycles. The molecular formula is C18H19NO4. The Kier molecular flexibility index (Phi) is 6.17. The first-order chi connectivity index (χ1) is 11.1. The minimum atomic E-state index is -1.07. The molecule has 23 heavy (non-hydrogen) atoms. The summed E-state index contributed by atoms with van der Waals surface area (Å²) in [5.41, 5.74) is 1.87. The zero-order valence-corrected chi connectivity index (χ0v) is 12.6. The number of carboxylic acids is 1. The summed E-state index contributed by atoms with van der Waals surface area (Å²) in [5.74, 6) is -1.07. The van der Waals surface area contributed by atoms with Gasteiger partial charge >= 0.3 is 12.1 Å². The monoisotopic (exact) mass is 313 g/mol. The second kappa shape index (κ2) is 8.58. The van der Waals surface area contributed by atoms with Gasteiger partial charge in [0.25, 0.3) is 0 Å². The van der Waals surface area contributed by atoms with Gasteiger partial charge in [-0.25, -0.2) is 9.59 Å². The summed E-state index contributed by atoms with van der Waals surface area (Å²) in [4.78, 5) is 23.0. The fourth-order valence-electron chi connectivity index (χ4n) is 2.12. The molecule has 2 rings (SSSR count).